The smallest absolute Gasteiger partial charge is 0.0847 e. The van der Waals surface area contributed by atoms with Crippen molar-refractivity contribution in [2.75, 3.05) is 0 Å². The molecule has 2 rings (SSSR count). The number of hydrogen-bond acceptors (Lipinski definition) is 2. The Kier molecular flexibility index (Phi) is 3.79. The summed E-state index contributed by atoms with van der Waals surface area (Å²) in [5.41, 5.74) is 1.94. The standard InChI is InChI=1S/C13H21ClN2O/c1-8-4-5-12(17)10(6-8)7-11-13(14)9(2)15-16(11)3/h8,10,12,17H,4-7H2,1-3H3. The second kappa shape index (κ2) is 4.99. The van der Waals surface area contributed by atoms with Crippen molar-refractivity contribution in [2.45, 2.75) is 45.6 Å². The van der Waals surface area contributed by atoms with Gasteiger partial charge in [0.2, 0.25) is 0 Å². The first-order chi connectivity index (χ1) is 7.99. The number of hydrogen-bond donors (Lipinski definition) is 1. The van der Waals surface area contributed by atoms with E-state index in [4.69, 9.17) is 11.6 Å². The number of rotatable bonds is 2. The van der Waals surface area contributed by atoms with Crippen molar-refractivity contribution in [3.63, 3.8) is 0 Å². The maximum Gasteiger partial charge on any atom is 0.0847 e. The molecule has 4 heteroatoms. The molecule has 1 aliphatic rings. The van der Waals surface area contributed by atoms with Crippen LogP contribution >= 0.6 is 11.6 Å². The largest absolute Gasteiger partial charge is 0.393 e. The van der Waals surface area contributed by atoms with Gasteiger partial charge in [0.05, 0.1) is 22.5 Å². The van der Waals surface area contributed by atoms with Crippen LogP contribution in [0.15, 0.2) is 0 Å². The third-order valence-corrected chi connectivity index (χ3v) is 4.41. The first kappa shape index (κ1) is 12.9. The first-order valence-electron chi connectivity index (χ1n) is 6.35. The maximum atomic E-state index is 10.1. The molecule has 0 saturated heterocycles. The minimum absolute atomic E-state index is 0.183. The van der Waals surface area contributed by atoms with E-state index in [2.05, 4.69) is 12.0 Å². The van der Waals surface area contributed by atoms with Crippen LogP contribution in [0.3, 0.4) is 0 Å². The average Bonchev–Trinajstić information content (AvgIpc) is 2.50. The number of aryl methyl sites for hydroxylation is 2. The second-order valence-electron chi connectivity index (χ2n) is 5.42. The SMILES string of the molecule is Cc1nn(C)c(CC2CC(C)CCC2O)c1Cl. The van der Waals surface area contributed by atoms with Gasteiger partial charge in [0, 0.05) is 7.05 Å². The molecule has 1 fully saturated rings. The quantitative estimate of drug-likeness (QED) is 0.884. The van der Waals surface area contributed by atoms with Gasteiger partial charge in [-0.2, -0.15) is 5.10 Å². The predicted molar refractivity (Wildman–Crippen MR) is 69.2 cm³/mol. The molecular formula is C13H21ClN2O. The molecule has 1 N–H and O–H groups in total. The summed E-state index contributed by atoms with van der Waals surface area (Å²) in [7, 11) is 1.92. The molecule has 1 heterocycles. The lowest BCUT2D eigenvalue weighted by atomic mass is 9.78. The zero-order valence-corrected chi connectivity index (χ0v) is 11.5. The Balaban J connectivity index is 2.14. The summed E-state index contributed by atoms with van der Waals surface area (Å²) in [6, 6.07) is 0. The van der Waals surface area contributed by atoms with E-state index in [0.717, 1.165) is 42.1 Å². The normalized spacial score (nSPS) is 29.6. The van der Waals surface area contributed by atoms with E-state index in [1.54, 1.807) is 0 Å². The fourth-order valence-corrected chi connectivity index (χ4v) is 3.09. The van der Waals surface area contributed by atoms with E-state index in [1.165, 1.54) is 0 Å². The van der Waals surface area contributed by atoms with Crippen LogP contribution in [0, 0.1) is 18.8 Å². The topological polar surface area (TPSA) is 38.0 Å². The van der Waals surface area contributed by atoms with Gasteiger partial charge in [-0.15, -0.1) is 0 Å². The summed E-state index contributed by atoms with van der Waals surface area (Å²) < 4.78 is 1.85. The van der Waals surface area contributed by atoms with Gasteiger partial charge >= 0.3 is 0 Å². The van der Waals surface area contributed by atoms with Crippen molar-refractivity contribution < 1.29 is 5.11 Å². The van der Waals surface area contributed by atoms with E-state index in [-0.39, 0.29) is 6.10 Å². The molecule has 3 unspecified atom stereocenters. The minimum Gasteiger partial charge on any atom is -0.393 e. The van der Waals surface area contributed by atoms with Crippen LogP contribution in [-0.2, 0) is 13.5 Å². The van der Waals surface area contributed by atoms with Crippen molar-refractivity contribution in [1.29, 1.82) is 0 Å². The average molecular weight is 257 g/mol. The summed E-state index contributed by atoms with van der Waals surface area (Å²) >= 11 is 6.25. The van der Waals surface area contributed by atoms with Crippen molar-refractivity contribution in [3.8, 4) is 0 Å². The molecule has 0 radical (unpaired) electrons. The van der Waals surface area contributed by atoms with Crippen molar-refractivity contribution in [3.05, 3.63) is 16.4 Å². The van der Waals surface area contributed by atoms with Crippen LogP contribution in [0.2, 0.25) is 5.02 Å². The molecule has 3 nitrogen and oxygen atoms in total. The number of halogens is 1. The van der Waals surface area contributed by atoms with Gasteiger partial charge in [0.1, 0.15) is 0 Å². The second-order valence-corrected chi connectivity index (χ2v) is 5.80. The van der Waals surface area contributed by atoms with Crippen LogP contribution in [0.1, 0.15) is 37.6 Å². The van der Waals surface area contributed by atoms with Crippen molar-refractivity contribution >= 4 is 11.6 Å². The van der Waals surface area contributed by atoms with Gasteiger partial charge in [-0.1, -0.05) is 18.5 Å². The maximum absolute atomic E-state index is 10.1. The third-order valence-electron chi connectivity index (χ3n) is 3.92. The lowest BCUT2D eigenvalue weighted by molar-refractivity contribution is 0.0511. The molecule has 0 spiro atoms. The summed E-state index contributed by atoms with van der Waals surface area (Å²) in [4.78, 5) is 0. The lowest BCUT2D eigenvalue weighted by Gasteiger charge is -2.31. The van der Waals surface area contributed by atoms with Gasteiger partial charge in [-0.25, -0.2) is 0 Å². The highest BCUT2D eigenvalue weighted by Crippen LogP contribution is 2.33. The fourth-order valence-electron chi connectivity index (χ4n) is 2.85. The highest BCUT2D eigenvalue weighted by molar-refractivity contribution is 6.31. The Hall–Kier alpha value is -0.540. The van der Waals surface area contributed by atoms with Gasteiger partial charge in [0.15, 0.2) is 0 Å². The Morgan fingerprint density at radius 3 is 2.76 bits per heavy atom. The van der Waals surface area contributed by atoms with Crippen LogP contribution in [-0.4, -0.2) is 21.0 Å². The molecule has 1 saturated carbocycles. The molecule has 0 amide bonds. The molecule has 1 aliphatic carbocycles. The predicted octanol–water partition coefficient (Wildman–Crippen LogP) is 2.72. The first-order valence-corrected chi connectivity index (χ1v) is 6.73. The molecule has 0 aliphatic heterocycles. The molecular weight excluding hydrogens is 236 g/mol. The van der Waals surface area contributed by atoms with E-state index >= 15 is 0 Å². The Labute approximate surface area is 108 Å². The summed E-state index contributed by atoms with van der Waals surface area (Å²) in [5.74, 6) is 1.03. The summed E-state index contributed by atoms with van der Waals surface area (Å²) in [6.45, 7) is 4.18. The number of aliphatic hydroxyl groups is 1. The minimum atomic E-state index is -0.183. The van der Waals surface area contributed by atoms with Crippen LogP contribution in [0.4, 0.5) is 0 Å². The number of aliphatic hydroxyl groups excluding tert-OH is 1. The van der Waals surface area contributed by atoms with Gasteiger partial charge in [0.25, 0.3) is 0 Å². The van der Waals surface area contributed by atoms with E-state index in [9.17, 15) is 5.11 Å². The van der Waals surface area contributed by atoms with Crippen molar-refractivity contribution in [1.82, 2.24) is 9.78 Å². The molecule has 0 aromatic carbocycles. The molecule has 3 atom stereocenters. The van der Waals surface area contributed by atoms with E-state index in [0.29, 0.717) is 11.8 Å². The zero-order valence-electron chi connectivity index (χ0n) is 10.8. The monoisotopic (exact) mass is 256 g/mol. The third kappa shape index (κ3) is 2.66. The molecule has 0 bridgehead atoms. The van der Waals surface area contributed by atoms with Gasteiger partial charge < -0.3 is 5.11 Å². The summed E-state index contributed by atoms with van der Waals surface area (Å²) in [5, 5.41) is 15.1. The Bertz CT molecular complexity index is 402. The Morgan fingerprint density at radius 1 is 1.47 bits per heavy atom. The van der Waals surface area contributed by atoms with Crippen LogP contribution < -0.4 is 0 Å². The fraction of sp³-hybridized carbons (Fsp3) is 0.769. The number of nitrogens with zero attached hydrogens (tertiary/aromatic N) is 2. The van der Waals surface area contributed by atoms with Crippen molar-refractivity contribution in [2.24, 2.45) is 18.9 Å². The molecule has 17 heavy (non-hydrogen) atoms. The zero-order chi connectivity index (χ0) is 12.6. The lowest BCUT2D eigenvalue weighted by Crippen LogP contribution is -2.30. The van der Waals surface area contributed by atoms with Gasteiger partial charge in [-0.05, 0) is 44.4 Å². The highest BCUT2D eigenvalue weighted by Gasteiger charge is 2.29. The Morgan fingerprint density at radius 2 is 2.18 bits per heavy atom. The van der Waals surface area contributed by atoms with Crippen LogP contribution in [0.25, 0.3) is 0 Å². The highest BCUT2D eigenvalue weighted by atomic mass is 35.5. The molecule has 96 valence electrons. The van der Waals surface area contributed by atoms with Gasteiger partial charge in [-0.3, -0.25) is 4.68 Å². The van der Waals surface area contributed by atoms with E-state index < -0.39 is 0 Å². The van der Waals surface area contributed by atoms with Crippen LogP contribution in [0.5, 0.6) is 0 Å². The molecule has 1 aromatic heterocycles. The number of aromatic nitrogens is 2. The summed E-state index contributed by atoms with van der Waals surface area (Å²) in [6.07, 6.45) is 3.79. The van der Waals surface area contributed by atoms with E-state index in [1.807, 2.05) is 18.7 Å². The molecule has 1 aromatic rings.